The molecule has 1 N–H and O–H groups in total. The number of rotatable bonds is 12. The van der Waals surface area contributed by atoms with Crippen LogP contribution < -0.4 is 9.62 Å². The summed E-state index contributed by atoms with van der Waals surface area (Å²) in [4.78, 5) is 30.0. The zero-order valence-corrected chi connectivity index (χ0v) is 27.7. The number of anilines is 1. The lowest BCUT2D eigenvalue weighted by Gasteiger charge is -2.34. The molecule has 5 rings (SSSR count). The number of nitrogens with one attached hydrogen (secondary N) is 1. The van der Waals surface area contributed by atoms with Gasteiger partial charge in [-0.2, -0.15) is 0 Å². The van der Waals surface area contributed by atoms with E-state index in [1.54, 1.807) is 54.6 Å². The topological polar surface area (TPSA) is 86.8 Å². The Balaban J connectivity index is 1.55. The van der Waals surface area contributed by atoms with Gasteiger partial charge in [-0.1, -0.05) is 73.5 Å². The molecule has 4 aromatic carbocycles. The Bertz CT molecular complexity index is 1680. The van der Waals surface area contributed by atoms with Gasteiger partial charge in [0.2, 0.25) is 11.8 Å². The number of hydrogen-bond donors (Lipinski definition) is 1. The molecule has 0 radical (unpaired) electrons. The molecule has 0 unspecified atom stereocenters. The summed E-state index contributed by atoms with van der Waals surface area (Å²) in [6.45, 7) is -0.554. The van der Waals surface area contributed by atoms with E-state index in [4.69, 9.17) is 0 Å². The van der Waals surface area contributed by atoms with Crippen LogP contribution in [0.2, 0.25) is 0 Å². The van der Waals surface area contributed by atoms with Gasteiger partial charge in [0, 0.05) is 22.6 Å². The predicted molar refractivity (Wildman–Crippen MR) is 181 cm³/mol. The van der Waals surface area contributed by atoms with Crippen LogP contribution in [-0.2, 0) is 32.6 Å². The number of amides is 2. The SMILES string of the molecule is O=C(NC1CCCC1)[C@@H](Cc1ccccc1)N(Cc1ccc(F)cc1)C(=O)CN(c1ccc(I)cc1)S(=O)(=O)c1ccccc1. The zero-order valence-electron chi connectivity index (χ0n) is 24.7. The van der Waals surface area contributed by atoms with Crippen molar-refractivity contribution in [1.82, 2.24) is 10.2 Å². The summed E-state index contributed by atoms with van der Waals surface area (Å²) in [6, 6.07) is 29.1. The molecule has 2 amide bonds. The van der Waals surface area contributed by atoms with Crippen molar-refractivity contribution in [3.05, 3.63) is 130 Å². The van der Waals surface area contributed by atoms with E-state index in [1.165, 1.54) is 29.2 Å². The average Bonchev–Trinajstić information content (AvgIpc) is 3.57. The third kappa shape index (κ3) is 8.49. The van der Waals surface area contributed by atoms with Crippen LogP contribution in [0.3, 0.4) is 0 Å². The molecule has 0 aliphatic heterocycles. The quantitative estimate of drug-likeness (QED) is 0.172. The monoisotopic (exact) mass is 739 g/mol. The van der Waals surface area contributed by atoms with E-state index in [1.807, 2.05) is 30.3 Å². The number of carbonyl (C=O) groups is 2. The minimum absolute atomic E-state index is 0.0133. The third-order valence-corrected chi connectivity index (χ3v) is 10.5. The van der Waals surface area contributed by atoms with Crippen molar-refractivity contribution >= 4 is 50.1 Å². The van der Waals surface area contributed by atoms with Crippen molar-refractivity contribution in [3.63, 3.8) is 0 Å². The van der Waals surface area contributed by atoms with E-state index >= 15 is 0 Å². The summed E-state index contributed by atoms with van der Waals surface area (Å²) in [7, 11) is -4.16. The maximum absolute atomic E-state index is 14.5. The molecule has 0 bridgehead atoms. The van der Waals surface area contributed by atoms with Gasteiger partial charge >= 0.3 is 0 Å². The highest BCUT2D eigenvalue weighted by Gasteiger charge is 2.35. The molecule has 0 aromatic heterocycles. The summed E-state index contributed by atoms with van der Waals surface area (Å²) in [5.41, 5.74) is 1.79. The second-order valence-corrected chi connectivity index (χ2v) is 14.3. The van der Waals surface area contributed by atoms with Crippen molar-refractivity contribution in [1.29, 1.82) is 0 Å². The third-order valence-electron chi connectivity index (χ3n) is 7.96. The molecular weight excluding hydrogens is 704 g/mol. The molecule has 45 heavy (non-hydrogen) atoms. The maximum Gasteiger partial charge on any atom is 0.264 e. The lowest BCUT2D eigenvalue weighted by molar-refractivity contribution is -0.140. The Labute approximate surface area is 277 Å². The summed E-state index contributed by atoms with van der Waals surface area (Å²) in [6.07, 6.45) is 4.00. The zero-order chi connectivity index (χ0) is 31.8. The molecule has 0 spiro atoms. The van der Waals surface area contributed by atoms with Crippen LogP contribution in [0, 0.1) is 9.39 Å². The highest BCUT2D eigenvalue weighted by atomic mass is 127. The molecule has 1 aliphatic carbocycles. The molecule has 4 aromatic rings. The average molecular weight is 740 g/mol. The summed E-state index contributed by atoms with van der Waals surface area (Å²) in [5.74, 6) is -1.27. The standard InChI is InChI=1S/C35H35FIN3O4S/c36-28-17-15-27(16-18-28)24-39(33(23-26-9-3-1-4-10-26)35(42)38-30-11-7-8-12-30)34(41)25-40(31-21-19-29(37)20-22-31)45(43,44)32-13-5-2-6-14-32/h1-6,9-10,13-22,30,33H,7-8,11-12,23-25H2,(H,38,42)/t33-/m1/s1. The fraction of sp³-hybridized carbons (Fsp3) is 0.257. The van der Waals surface area contributed by atoms with Gasteiger partial charge in [0.1, 0.15) is 18.4 Å². The van der Waals surface area contributed by atoms with Crippen molar-refractivity contribution in [3.8, 4) is 0 Å². The lowest BCUT2D eigenvalue weighted by Crippen LogP contribution is -2.54. The molecule has 1 atom stereocenters. The first-order valence-electron chi connectivity index (χ1n) is 14.9. The van der Waals surface area contributed by atoms with E-state index in [0.29, 0.717) is 11.3 Å². The van der Waals surface area contributed by atoms with Crippen molar-refractivity contribution in [2.75, 3.05) is 10.8 Å². The second kappa shape index (κ2) is 15.0. The number of benzene rings is 4. The number of hydrogen-bond acceptors (Lipinski definition) is 4. The van der Waals surface area contributed by atoms with E-state index in [0.717, 1.165) is 39.1 Å². The molecule has 1 fully saturated rings. The molecular formula is C35H35FIN3O4S. The van der Waals surface area contributed by atoms with Gasteiger partial charge in [-0.25, -0.2) is 12.8 Å². The first-order valence-corrected chi connectivity index (χ1v) is 17.4. The Hall–Kier alpha value is -3.77. The summed E-state index contributed by atoms with van der Waals surface area (Å²) in [5, 5.41) is 3.15. The first kappa shape index (κ1) is 32.6. The normalized spacial score (nSPS) is 14.1. The Morgan fingerprint density at radius 1 is 0.822 bits per heavy atom. The van der Waals surface area contributed by atoms with Crippen LogP contribution in [0.15, 0.2) is 114 Å². The van der Waals surface area contributed by atoms with Gasteiger partial charge in [-0.15, -0.1) is 0 Å². The highest BCUT2D eigenvalue weighted by molar-refractivity contribution is 14.1. The maximum atomic E-state index is 14.5. The van der Waals surface area contributed by atoms with Crippen molar-refractivity contribution in [2.45, 2.75) is 55.6 Å². The van der Waals surface area contributed by atoms with Gasteiger partial charge in [-0.3, -0.25) is 13.9 Å². The van der Waals surface area contributed by atoms with Gasteiger partial charge in [-0.05, 0) is 95.1 Å². The van der Waals surface area contributed by atoms with Crippen LogP contribution in [-0.4, -0.2) is 43.8 Å². The van der Waals surface area contributed by atoms with E-state index < -0.39 is 34.3 Å². The Kier molecular flexibility index (Phi) is 10.9. The fourth-order valence-electron chi connectivity index (χ4n) is 5.56. The second-order valence-electron chi connectivity index (χ2n) is 11.1. The molecule has 0 heterocycles. The van der Waals surface area contributed by atoms with Crippen LogP contribution in [0.1, 0.15) is 36.8 Å². The smallest absolute Gasteiger partial charge is 0.264 e. The van der Waals surface area contributed by atoms with E-state index in [9.17, 15) is 22.4 Å². The van der Waals surface area contributed by atoms with Crippen LogP contribution in [0.4, 0.5) is 10.1 Å². The van der Waals surface area contributed by atoms with Gasteiger partial charge in [0.15, 0.2) is 0 Å². The number of carbonyl (C=O) groups excluding carboxylic acids is 2. The summed E-state index contributed by atoms with van der Waals surface area (Å²) < 4.78 is 43.9. The largest absolute Gasteiger partial charge is 0.352 e. The molecule has 7 nitrogen and oxygen atoms in total. The minimum atomic E-state index is -4.16. The molecule has 234 valence electrons. The molecule has 0 saturated heterocycles. The lowest BCUT2D eigenvalue weighted by atomic mass is 10.0. The fourth-order valence-corrected chi connectivity index (χ4v) is 7.36. The molecule has 10 heteroatoms. The van der Waals surface area contributed by atoms with Crippen LogP contribution in [0.5, 0.6) is 0 Å². The summed E-state index contributed by atoms with van der Waals surface area (Å²) >= 11 is 2.14. The van der Waals surface area contributed by atoms with Gasteiger partial charge in [0.05, 0.1) is 10.6 Å². The van der Waals surface area contributed by atoms with Crippen LogP contribution >= 0.6 is 22.6 Å². The van der Waals surface area contributed by atoms with E-state index in [2.05, 4.69) is 27.9 Å². The molecule has 1 aliphatic rings. The predicted octanol–water partition coefficient (Wildman–Crippen LogP) is 6.32. The van der Waals surface area contributed by atoms with Gasteiger partial charge in [0.25, 0.3) is 10.0 Å². The van der Waals surface area contributed by atoms with Crippen LogP contribution in [0.25, 0.3) is 0 Å². The van der Waals surface area contributed by atoms with Crippen molar-refractivity contribution in [2.24, 2.45) is 0 Å². The van der Waals surface area contributed by atoms with Gasteiger partial charge < -0.3 is 10.2 Å². The Morgan fingerprint density at radius 3 is 2.04 bits per heavy atom. The number of halogens is 2. The number of nitrogens with zero attached hydrogens (tertiary/aromatic N) is 2. The molecule has 1 saturated carbocycles. The minimum Gasteiger partial charge on any atom is -0.352 e. The van der Waals surface area contributed by atoms with E-state index in [-0.39, 0.29) is 29.8 Å². The highest BCUT2D eigenvalue weighted by Crippen LogP contribution is 2.26. The first-order chi connectivity index (χ1) is 21.7. The van der Waals surface area contributed by atoms with Crippen molar-refractivity contribution < 1.29 is 22.4 Å². The number of sulfonamides is 1. The Morgan fingerprint density at radius 2 is 1.42 bits per heavy atom.